The molecule has 3 saturated carbocycles. The Morgan fingerprint density at radius 3 is 2.69 bits per heavy atom. The molecule has 4 fully saturated rings. The van der Waals surface area contributed by atoms with Crippen LogP contribution in [0, 0.1) is 28.6 Å². The molecule has 0 aromatic rings. The molecule has 1 aliphatic heterocycles. The summed E-state index contributed by atoms with van der Waals surface area (Å²) in [4.78, 5) is 36.3. The van der Waals surface area contributed by atoms with E-state index in [0.717, 1.165) is 5.57 Å². The van der Waals surface area contributed by atoms with E-state index in [1.807, 2.05) is 6.92 Å². The summed E-state index contributed by atoms with van der Waals surface area (Å²) >= 11 is 0. The van der Waals surface area contributed by atoms with E-state index in [1.54, 1.807) is 6.08 Å². The van der Waals surface area contributed by atoms with Gasteiger partial charge in [0.25, 0.3) is 0 Å². The Morgan fingerprint density at radius 1 is 1.31 bits per heavy atom. The number of epoxide rings is 1. The quantitative estimate of drug-likeness (QED) is 0.296. The van der Waals surface area contributed by atoms with Crippen LogP contribution in [0.5, 0.6) is 0 Å². The molecule has 5 rings (SSSR count). The number of methoxy groups -OCH3 is 1. The van der Waals surface area contributed by atoms with Gasteiger partial charge < -0.3 is 24.5 Å². The van der Waals surface area contributed by atoms with E-state index in [0.29, 0.717) is 38.5 Å². The number of ketones is 1. The Hall–Kier alpha value is -0.0936. The number of carbonyl (C=O) groups excluding carboxylic acids is 3. The maximum absolute atomic E-state index is 13.0. The van der Waals surface area contributed by atoms with E-state index in [2.05, 4.69) is 6.92 Å². The second-order valence-corrected chi connectivity index (χ2v) is 10.9. The van der Waals surface area contributed by atoms with Crippen LogP contribution in [-0.4, -0.2) is 47.2 Å². The van der Waals surface area contributed by atoms with Crippen LogP contribution >= 0.6 is 0 Å². The number of aliphatic carboxylic acids is 1. The fourth-order valence-electron chi connectivity index (χ4n) is 8.22. The predicted molar refractivity (Wildman–Crippen MR) is 106 cm³/mol. The van der Waals surface area contributed by atoms with Crippen LogP contribution < -0.4 is 56.5 Å². The number of carbonyl (C=O) groups is 3. The predicted octanol–water partition coefficient (Wildman–Crippen LogP) is -1.69. The summed E-state index contributed by atoms with van der Waals surface area (Å²) in [6.07, 6.45) is 5.06. The number of hydrogen-bond donors (Lipinski definition) is 1. The second-order valence-electron chi connectivity index (χ2n) is 10.9. The van der Waals surface area contributed by atoms with Gasteiger partial charge in [-0.3, -0.25) is 9.59 Å². The number of fused-ring (bicyclic) bond motifs is 3. The Bertz CT molecular complexity index is 901. The molecule has 0 amide bonds. The van der Waals surface area contributed by atoms with Crippen LogP contribution in [0.2, 0.25) is 0 Å². The second kappa shape index (κ2) is 7.97. The van der Waals surface area contributed by atoms with Crippen LogP contribution in [0.25, 0.3) is 0 Å². The smallest absolute Gasteiger partial charge is 0.550 e. The van der Waals surface area contributed by atoms with Crippen molar-refractivity contribution >= 4 is 17.7 Å². The molecule has 0 aromatic carbocycles. The first-order valence-corrected chi connectivity index (χ1v) is 11.4. The molecule has 5 aliphatic rings. The van der Waals surface area contributed by atoms with Crippen molar-refractivity contribution in [3.05, 3.63) is 11.6 Å². The van der Waals surface area contributed by atoms with Crippen molar-refractivity contribution in [2.24, 2.45) is 28.6 Å². The third-order valence-electron chi connectivity index (χ3n) is 9.94. The molecule has 8 atom stereocenters. The Labute approximate surface area is 231 Å². The normalized spacial score (nSPS) is 48.2. The van der Waals surface area contributed by atoms with Crippen molar-refractivity contribution in [3.8, 4) is 0 Å². The summed E-state index contributed by atoms with van der Waals surface area (Å²) in [6, 6.07) is 0. The monoisotopic (exact) mass is 470 g/mol. The minimum absolute atomic E-state index is 0. The SMILES string of the molecule is COC(=O)[C@@H]1CC2=CC(=O)CC[C@]2(C)[C@@]23O[C@@H]2C[C@@]2(C)[C@@H](CC[C@@]2(O)CCC(=O)[O-])[C@H]13.[K+]. The standard InChI is InChI=1S/C24H32O7.K/c1-21-7-4-14(25)10-13(21)11-15(20(28)30-3)19-16-5-8-23(29,9-6-18(26)27)22(16,2)12-17-24(19,21)31-17;/h10,15-17,19,29H,4-9,11-12H2,1-3H3,(H,26,27);/q;+1/p-1/t15-,16+,17-,19+,21+,22+,23-,24-;/m1./s1. The molecule has 1 heterocycles. The summed E-state index contributed by atoms with van der Waals surface area (Å²) in [6.45, 7) is 4.21. The summed E-state index contributed by atoms with van der Waals surface area (Å²) in [7, 11) is 1.39. The molecule has 8 heteroatoms. The molecule has 0 aromatic heterocycles. The molecule has 0 radical (unpaired) electrons. The van der Waals surface area contributed by atoms with Gasteiger partial charge in [-0.05, 0) is 56.9 Å². The van der Waals surface area contributed by atoms with Crippen LogP contribution in [0.15, 0.2) is 11.6 Å². The number of aliphatic hydroxyl groups is 1. The van der Waals surface area contributed by atoms with Crippen molar-refractivity contribution in [2.75, 3.05) is 7.11 Å². The van der Waals surface area contributed by atoms with Crippen LogP contribution in [0.4, 0.5) is 0 Å². The molecule has 1 spiro atoms. The van der Waals surface area contributed by atoms with Gasteiger partial charge in [-0.2, -0.15) is 0 Å². The molecule has 32 heavy (non-hydrogen) atoms. The summed E-state index contributed by atoms with van der Waals surface area (Å²) < 4.78 is 11.7. The Kier molecular flexibility index (Phi) is 6.23. The zero-order chi connectivity index (χ0) is 22.4. The molecular formula is C24H31KO7. The summed E-state index contributed by atoms with van der Waals surface area (Å²) in [5.74, 6) is -1.91. The van der Waals surface area contributed by atoms with Gasteiger partial charge in [-0.1, -0.05) is 19.4 Å². The number of esters is 1. The van der Waals surface area contributed by atoms with E-state index in [4.69, 9.17) is 9.47 Å². The number of hydrogen-bond acceptors (Lipinski definition) is 7. The van der Waals surface area contributed by atoms with Gasteiger partial charge in [0.05, 0.1) is 24.7 Å². The first kappa shape index (κ1) is 25.0. The van der Waals surface area contributed by atoms with Crippen molar-refractivity contribution in [2.45, 2.75) is 82.5 Å². The minimum atomic E-state index is -1.16. The molecule has 170 valence electrons. The van der Waals surface area contributed by atoms with Gasteiger partial charge in [0.2, 0.25) is 0 Å². The maximum atomic E-state index is 13.0. The largest absolute Gasteiger partial charge is 1.00 e. The van der Waals surface area contributed by atoms with Gasteiger partial charge in [0.1, 0.15) is 5.60 Å². The molecule has 0 bridgehead atoms. The summed E-state index contributed by atoms with van der Waals surface area (Å²) in [5, 5.41) is 22.7. The molecular weight excluding hydrogens is 439 g/mol. The number of rotatable bonds is 4. The third-order valence-corrected chi connectivity index (χ3v) is 9.94. The zero-order valence-corrected chi connectivity index (χ0v) is 22.6. The van der Waals surface area contributed by atoms with E-state index in [-0.39, 0.29) is 99.3 Å². The maximum Gasteiger partial charge on any atom is 1.00 e. The van der Waals surface area contributed by atoms with E-state index >= 15 is 0 Å². The zero-order valence-electron chi connectivity index (χ0n) is 19.4. The molecule has 1 N–H and O–H groups in total. The molecule has 7 nitrogen and oxygen atoms in total. The van der Waals surface area contributed by atoms with Gasteiger partial charge in [-0.25, -0.2) is 0 Å². The van der Waals surface area contributed by atoms with Gasteiger partial charge in [-0.15, -0.1) is 0 Å². The Balaban J connectivity index is 0.00000245. The number of carboxylic acids is 1. The van der Waals surface area contributed by atoms with Crippen molar-refractivity contribution in [1.29, 1.82) is 0 Å². The summed E-state index contributed by atoms with van der Waals surface area (Å²) in [5.41, 5.74) is -1.53. The van der Waals surface area contributed by atoms with Gasteiger partial charge >= 0.3 is 57.4 Å². The fraction of sp³-hybridized carbons (Fsp3) is 0.792. The van der Waals surface area contributed by atoms with E-state index < -0.39 is 28.5 Å². The topological polar surface area (TPSA) is 116 Å². The van der Waals surface area contributed by atoms with Gasteiger partial charge in [0.15, 0.2) is 5.78 Å². The van der Waals surface area contributed by atoms with Crippen molar-refractivity contribution in [1.82, 2.24) is 0 Å². The molecule has 1 saturated heterocycles. The first-order valence-electron chi connectivity index (χ1n) is 11.4. The molecule has 0 unspecified atom stereocenters. The third kappa shape index (κ3) is 3.09. The van der Waals surface area contributed by atoms with E-state index in [1.165, 1.54) is 7.11 Å². The molecule has 4 aliphatic carbocycles. The van der Waals surface area contributed by atoms with Crippen LogP contribution in [-0.2, 0) is 23.9 Å². The number of carboxylic acid groups (broad SMARTS) is 1. The Morgan fingerprint density at radius 2 is 2.03 bits per heavy atom. The van der Waals surface area contributed by atoms with Crippen molar-refractivity contribution in [3.63, 3.8) is 0 Å². The average molecular weight is 471 g/mol. The fourth-order valence-corrected chi connectivity index (χ4v) is 8.22. The number of ether oxygens (including phenoxy) is 2. The van der Waals surface area contributed by atoms with Gasteiger partial charge in [0, 0.05) is 29.1 Å². The van der Waals surface area contributed by atoms with Crippen LogP contribution in [0.3, 0.4) is 0 Å². The van der Waals surface area contributed by atoms with Crippen molar-refractivity contribution < 1.29 is 85.5 Å². The van der Waals surface area contributed by atoms with E-state index in [9.17, 15) is 24.6 Å². The minimum Gasteiger partial charge on any atom is -0.550 e. The van der Waals surface area contributed by atoms with Crippen LogP contribution in [0.1, 0.15) is 65.2 Å². The first-order chi connectivity index (χ1) is 14.5. The average Bonchev–Trinajstić information content (AvgIpc) is 3.38.